The number of aliphatic hydroxyl groups is 1. The van der Waals surface area contributed by atoms with Gasteiger partial charge >= 0.3 is 0 Å². The predicted molar refractivity (Wildman–Crippen MR) is 57.8 cm³/mol. The van der Waals surface area contributed by atoms with E-state index in [1.54, 1.807) is 6.92 Å². The summed E-state index contributed by atoms with van der Waals surface area (Å²) in [4.78, 5) is 0. The van der Waals surface area contributed by atoms with Crippen molar-refractivity contribution in [3.63, 3.8) is 0 Å². The zero-order valence-corrected chi connectivity index (χ0v) is 10.1. The average Bonchev–Trinajstić information content (AvgIpc) is 1.77. The molecule has 0 aromatic heterocycles. The van der Waals surface area contributed by atoms with Crippen LogP contribution in [-0.2, 0) is 5.11 Å². The Morgan fingerprint density at radius 3 is 1.71 bits per heavy atom. The number of aliphatic hydroxyl groups excluding tert-OH is 1. The Bertz CT molecular complexity index is 151. The van der Waals surface area contributed by atoms with Gasteiger partial charge in [0, 0.05) is 11.1 Å². The van der Waals surface area contributed by atoms with Crippen LogP contribution >= 0.6 is 0 Å². The van der Waals surface area contributed by atoms with Crippen molar-refractivity contribution < 1.29 is 10.2 Å². The lowest BCUT2D eigenvalue weighted by molar-refractivity contribution is 0.0396. The Balaban J connectivity index is 0.000000500. The summed E-state index contributed by atoms with van der Waals surface area (Å²) < 4.78 is 0. The predicted octanol–water partition coefficient (Wildman–Crippen LogP) is 1.72. The maximum absolute atomic E-state index is 9.54. The molecule has 1 heterocycles. The van der Waals surface area contributed by atoms with E-state index in [9.17, 15) is 5.11 Å². The molecule has 0 atom stereocenters. The molecule has 1 saturated heterocycles. The van der Waals surface area contributed by atoms with Crippen LogP contribution in [0.5, 0.6) is 0 Å². The van der Waals surface area contributed by atoms with Crippen LogP contribution in [0.2, 0.25) is 0 Å². The van der Waals surface area contributed by atoms with E-state index in [0.717, 1.165) is 12.8 Å². The minimum Gasteiger partial charge on any atom is -0.393 e. The number of rotatable bonds is 0. The Kier molecular flexibility index (Phi) is 5.06. The van der Waals surface area contributed by atoms with Gasteiger partial charge in [0.15, 0.2) is 0 Å². The molecular formula is C11H24NO2. The summed E-state index contributed by atoms with van der Waals surface area (Å²) >= 11 is 0. The third-order valence-electron chi connectivity index (χ3n) is 2.17. The molecule has 0 bridgehead atoms. The molecule has 14 heavy (non-hydrogen) atoms. The molecule has 1 fully saturated rings. The molecule has 0 saturated carbocycles. The van der Waals surface area contributed by atoms with Crippen molar-refractivity contribution in [3.8, 4) is 0 Å². The third kappa shape index (κ3) is 5.58. The van der Waals surface area contributed by atoms with E-state index >= 15 is 0 Å². The Labute approximate surface area is 87.5 Å². The molecule has 0 aliphatic carbocycles. The fraction of sp³-hybridized carbons (Fsp3) is 1.00. The normalized spacial score (nSPS) is 25.1. The van der Waals surface area contributed by atoms with Crippen LogP contribution < -0.4 is 5.32 Å². The van der Waals surface area contributed by atoms with Crippen LogP contribution in [0.15, 0.2) is 0 Å². The zero-order chi connectivity index (χ0) is 11.4. The molecule has 2 N–H and O–H groups in total. The molecule has 0 aromatic carbocycles. The first-order valence-electron chi connectivity index (χ1n) is 5.28. The summed E-state index contributed by atoms with van der Waals surface area (Å²) in [7, 11) is 0. The molecule has 0 aromatic rings. The zero-order valence-electron chi connectivity index (χ0n) is 10.1. The summed E-state index contributed by atoms with van der Waals surface area (Å²) in [5.74, 6) is 0. The van der Waals surface area contributed by atoms with Gasteiger partial charge in [0.1, 0.15) is 0 Å². The van der Waals surface area contributed by atoms with Crippen LogP contribution in [0.1, 0.15) is 47.5 Å². The highest BCUT2D eigenvalue weighted by molar-refractivity contribution is 4.96. The summed E-state index contributed by atoms with van der Waals surface area (Å²) in [6, 6.07) is 0. The monoisotopic (exact) mass is 202 g/mol. The van der Waals surface area contributed by atoms with E-state index in [2.05, 4.69) is 33.0 Å². The molecule has 3 heteroatoms. The van der Waals surface area contributed by atoms with Gasteiger partial charge in [-0.15, -0.1) is 0 Å². The molecule has 1 rings (SSSR count). The van der Waals surface area contributed by atoms with Gasteiger partial charge < -0.3 is 10.4 Å². The van der Waals surface area contributed by atoms with Gasteiger partial charge in [0.2, 0.25) is 0 Å². The first kappa shape index (κ1) is 13.9. The van der Waals surface area contributed by atoms with Crippen molar-refractivity contribution in [2.75, 3.05) is 6.61 Å². The fourth-order valence-electron chi connectivity index (χ4n) is 2.27. The van der Waals surface area contributed by atoms with Crippen LogP contribution in [0.4, 0.5) is 0 Å². The minimum absolute atomic E-state index is 0. The first-order chi connectivity index (χ1) is 6.22. The van der Waals surface area contributed by atoms with Gasteiger partial charge in [0.05, 0.1) is 12.7 Å². The lowest BCUT2D eigenvalue weighted by Crippen LogP contribution is -2.59. The molecular weight excluding hydrogens is 178 g/mol. The SMILES string of the molecule is CC1(C)CC(O)CC(C)(C)N1.CC[O]. The molecule has 1 radical (unpaired) electrons. The van der Waals surface area contributed by atoms with Gasteiger partial charge in [-0.05, 0) is 47.5 Å². The van der Waals surface area contributed by atoms with Crippen LogP contribution in [-0.4, -0.2) is 28.9 Å². The van der Waals surface area contributed by atoms with Crippen molar-refractivity contribution in [1.29, 1.82) is 0 Å². The van der Waals surface area contributed by atoms with E-state index in [1.807, 2.05) is 0 Å². The second-order valence-corrected chi connectivity index (χ2v) is 5.24. The standard InChI is InChI=1S/C9H19NO.C2H5O/c1-8(2)5-7(11)6-9(3,4)10-8;1-2-3/h7,10-11H,5-6H2,1-4H3;2H2,1H3. The maximum Gasteiger partial charge on any atom is 0.0794 e. The van der Waals surface area contributed by atoms with Gasteiger partial charge in [-0.1, -0.05) is 0 Å². The topological polar surface area (TPSA) is 52.2 Å². The highest BCUT2D eigenvalue weighted by Crippen LogP contribution is 2.27. The number of nitrogens with one attached hydrogen (secondary N) is 1. The lowest BCUT2D eigenvalue weighted by atomic mass is 9.81. The van der Waals surface area contributed by atoms with E-state index in [1.165, 1.54) is 0 Å². The highest BCUT2D eigenvalue weighted by Gasteiger charge is 2.36. The Morgan fingerprint density at radius 1 is 1.21 bits per heavy atom. The summed E-state index contributed by atoms with van der Waals surface area (Å²) in [5, 5.41) is 22.0. The maximum atomic E-state index is 9.54. The Hall–Kier alpha value is -0.120. The van der Waals surface area contributed by atoms with E-state index in [-0.39, 0.29) is 23.8 Å². The van der Waals surface area contributed by atoms with Crippen molar-refractivity contribution in [2.45, 2.75) is 64.6 Å². The Morgan fingerprint density at radius 2 is 1.50 bits per heavy atom. The van der Waals surface area contributed by atoms with E-state index in [4.69, 9.17) is 5.11 Å². The molecule has 1 aliphatic rings. The number of piperidine rings is 1. The molecule has 1 aliphatic heterocycles. The minimum atomic E-state index is -0.138. The number of hydrogen-bond acceptors (Lipinski definition) is 2. The van der Waals surface area contributed by atoms with Crippen LogP contribution in [0.25, 0.3) is 0 Å². The van der Waals surface area contributed by atoms with Crippen LogP contribution in [0.3, 0.4) is 0 Å². The second-order valence-electron chi connectivity index (χ2n) is 5.24. The highest BCUT2D eigenvalue weighted by atomic mass is 16.3. The van der Waals surface area contributed by atoms with Crippen molar-refractivity contribution >= 4 is 0 Å². The second kappa shape index (κ2) is 5.10. The quantitative estimate of drug-likeness (QED) is 0.628. The van der Waals surface area contributed by atoms with Crippen LogP contribution in [0, 0.1) is 0 Å². The third-order valence-corrected chi connectivity index (χ3v) is 2.17. The molecule has 3 nitrogen and oxygen atoms in total. The fourth-order valence-corrected chi connectivity index (χ4v) is 2.27. The molecule has 85 valence electrons. The van der Waals surface area contributed by atoms with Crippen molar-refractivity contribution in [2.24, 2.45) is 0 Å². The van der Waals surface area contributed by atoms with E-state index in [0.29, 0.717) is 0 Å². The lowest BCUT2D eigenvalue weighted by Gasteiger charge is -2.44. The van der Waals surface area contributed by atoms with E-state index < -0.39 is 0 Å². The number of hydrogen-bond donors (Lipinski definition) is 2. The smallest absolute Gasteiger partial charge is 0.0794 e. The summed E-state index contributed by atoms with van der Waals surface area (Å²) in [6.07, 6.45) is 1.58. The van der Waals surface area contributed by atoms with Gasteiger partial charge in [0.25, 0.3) is 0 Å². The summed E-state index contributed by atoms with van der Waals surface area (Å²) in [5.41, 5.74) is 0.169. The molecule has 0 spiro atoms. The molecule has 0 amide bonds. The largest absolute Gasteiger partial charge is 0.393 e. The van der Waals surface area contributed by atoms with Crippen molar-refractivity contribution in [3.05, 3.63) is 0 Å². The molecule has 0 unspecified atom stereocenters. The average molecular weight is 202 g/mol. The van der Waals surface area contributed by atoms with Gasteiger partial charge in [-0.3, -0.25) is 0 Å². The van der Waals surface area contributed by atoms with Crippen molar-refractivity contribution in [1.82, 2.24) is 5.32 Å². The summed E-state index contributed by atoms with van der Waals surface area (Å²) in [6.45, 7) is 10.1. The van der Waals surface area contributed by atoms with Gasteiger partial charge in [-0.2, -0.15) is 0 Å². The first-order valence-corrected chi connectivity index (χ1v) is 5.28. The van der Waals surface area contributed by atoms with Gasteiger partial charge in [-0.25, -0.2) is 5.11 Å².